The Kier molecular flexibility index (Phi) is 5.96. The van der Waals surface area contributed by atoms with Crippen molar-refractivity contribution in [1.82, 2.24) is 15.3 Å². The number of aromatic amines is 1. The quantitative estimate of drug-likeness (QED) is 0.610. The molecule has 1 unspecified atom stereocenters. The maximum absolute atomic E-state index is 12.5. The van der Waals surface area contributed by atoms with Crippen LogP contribution >= 0.6 is 23.2 Å². The third-order valence-corrected chi connectivity index (χ3v) is 4.86. The maximum atomic E-state index is 12.5. The first kappa shape index (κ1) is 18.5. The van der Waals surface area contributed by atoms with E-state index in [1.807, 2.05) is 37.3 Å². The van der Waals surface area contributed by atoms with Crippen molar-refractivity contribution in [3.63, 3.8) is 0 Å². The van der Waals surface area contributed by atoms with Gasteiger partial charge in [-0.05, 0) is 29.7 Å². The molecule has 1 heterocycles. The summed E-state index contributed by atoms with van der Waals surface area (Å²) >= 11 is 12.3. The lowest BCUT2D eigenvalue weighted by Gasteiger charge is -2.15. The van der Waals surface area contributed by atoms with Gasteiger partial charge in [0.1, 0.15) is 5.82 Å². The van der Waals surface area contributed by atoms with Gasteiger partial charge in [0.05, 0.1) is 24.4 Å². The number of hydrogen-bond acceptors (Lipinski definition) is 2. The number of nitrogens with zero attached hydrogens (tertiary/aromatic N) is 1. The van der Waals surface area contributed by atoms with Crippen molar-refractivity contribution in [2.75, 3.05) is 0 Å². The van der Waals surface area contributed by atoms with Crippen molar-refractivity contribution in [2.24, 2.45) is 0 Å². The van der Waals surface area contributed by atoms with Gasteiger partial charge in [-0.15, -0.1) is 0 Å². The van der Waals surface area contributed by atoms with Crippen LogP contribution in [-0.4, -0.2) is 15.9 Å². The van der Waals surface area contributed by atoms with E-state index in [9.17, 15) is 4.79 Å². The van der Waals surface area contributed by atoms with Crippen molar-refractivity contribution in [3.05, 3.63) is 76.2 Å². The monoisotopic (exact) mass is 387 g/mol. The summed E-state index contributed by atoms with van der Waals surface area (Å²) in [5.41, 5.74) is 2.60. The maximum Gasteiger partial charge on any atom is 0.225 e. The molecule has 134 valence electrons. The second-order valence-electron chi connectivity index (χ2n) is 5.95. The molecule has 4 nitrogen and oxygen atoms in total. The number of amides is 1. The lowest BCUT2D eigenvalue weighted by Crippen LogP contribution is -2.30. The predicted octanol–water partition coefficient (Wildman–Crippen LogP) is 5.19. The zero-order valence-corrected chi connectivity index (χ0v) is 15.8. The molecule has 3 rings (SSSR count). The zero-order chi connectivity index (χ0) is 18.5. The number of rotatable bonds is 6. The Morgan fingerprint density at radius 3 is 2.46 bits per heavy atom. The first-order valence-electron chi connectivity index (χ1n) is 8.41. The summed E-state index contributed by atoms with van der Waals surface area (Å²) in [6.07, 6.45) is 2.62. The number of hydrogen-bond donors (Lipinski definition) is 2. The molecule has 0 aliphatic carbocycles. The van der Waals surface area contributed by atoms with Gasteiger partial charge in [0, 0.05) is 10.0 Å². The molecule has 1 amide bonds. The van der Waals surface area contributed by atoms with Crippen molar-refractivity contribution in [1.29, 1.82) is 0 Å². The molecule has 0 spiro atoms. The van der Waals surface area contributed by atoms with Crippen LogP contribution in [0.25, 0.3) is 11.3 Å². The first-order valence-corrected chi connectivity index (χ1v) is 9.16. The summed E-state index contributed by atoms with van der Waals surface area (Å²) in [6, 6.07) is 14.9. The standard InChI is InChI=1S/C20H19Cl2N3O/c1-2-17(20-23-12-18(25-20)13-7-4-3-5-8-13)24-19(26)11-14-15(21)9-6-10-16(14)22/h3-10,12,17H,2,11H2,1H3,(H,23,25)(H,24,26). The van der Waals surface area contributed by atoms with Gasteiger partial charge in [0.2, 0.25) is 5.91 Å². The van der Waals surface area contributed by atoms with Gasteiger partial charge in [0.15, 0.2) is 0 Å². The van der Waals surface area contributed by atoms with E-state index in [0.717, 1.165) is 17.1 Å². The third kappa shape index (κ3) is 4.26. The molecule has 0 radical (unpaired) electrons. The molecule has 1 aromatic heterocycles. The van der Waals surface area contributed by atoms with E-state index in [1.165, 1.54) is 0 Å². The number of halogens is 2. The van der Waals surface area contributed by atoms with Crippen LogP contribution in [0.2, 0.25) is 10.0 Å². The van der Waals surface area contributed by atoms with E-state index < -0.39 is 0 Å². The van der Waals surface area contributed by atoms with Gasteiger partial charge in [-0.25, -0.2) is 4.98 Å². The Hall–Kier alpha value is -2.30. The van der Waals surface area contributed by atoms with Gasteiger partial charge in [-0.1, -0.05) is 66.5 Å². The fourth-order valence-corrected chi connectivity index (χ4v) is 3.28. The summed E-state index contributed by atoms with van der Waals surface area (Å²) < 4.78 is 0. The minimum absolute atomic E-state index is 0.126. The minimum Gasteiger partial charge on any atom is -0.346 e. The number of H-pyrrole nitrogens is 1. The molecule has 26 heavy (non-hydrogen) atoms. The van der Waals surface area contributed by atoms with E-state index in [4.69, 9.17) is 23.2 Å². The highest BCUT2D eigenvalue weighted by atomic mass is 35.5. The molecule has 1 atom stereocenters. The van der Waals surface area contributed by atoms with Crippen LogP contribution in [0, 0.1) is 0 Å². The Balaban J connectivity index is 1.72. The SMILES string of the molecule is CCC(NC(=O)Cc1c(Cl)cccc1Cl)c1ncc(-c2ccccc2)[nH]1. The third-order valence-electron chi connectivity index (χ3n) is 4.15. The van der Waals surface area contributed by atoms with E-state index in [-0.39, 0.29) is 18.4 Å². The topological polar surface area (TPSA) is 57.8 Å². The molecule has 0 bridgehead atoms. The largest absolute Gasteiger partial charge is 0.346 e. The highest BCUT2D eigenvalue weighted by Crippen LogP contribution is 2.25. The Morgan fingerprint density at radius 2 is 1.81 bits per heavy atom. The van der Waals surface area contributed by atoms with Crippen molar-refractivity contribution >= 4 is 29.1 Å². The molecular weight excluding hydrogens is 369 g/mol. The molecule has 2 aromatic carbocycles. The number of benzene rings is 2. The highest BCUT2D eigenvalue weighted by Gasteiger charge is 2.18. The second kappa shape index (κ2) is 8.39. The van der Waals surface area contributed by atoms with Crippen molar-refractivity contribution in [3.8, 4) is 11.3 Å². The number of nitrogens with one attached hydrogen (secondary N) is 2. The summed E-state index contributed by atoms with van der Waals surface area (Å²) in [4.78, 5) is 20.2. The van der Waals surface area contributed by atoms with Crippen molar-refractivity contribution < 1.29 is 4.79 Å². The number of imidazole rings is 1. The molecule has 0 saturated carbocycles. The molecule has 0 saturated heterocycles. The molecule has 3 aromatic rings. The summed E-state index contributed by atoms with van der Waals surface area (Å²) in [5.74, 6) is 0.578. The lowest BCUT2D eigenvalue weighted by atomic mass is 10.1. The molecule has 2 N–H and O–H groups in total. The van der Waals surface area contributed by atoms with E-state index >= 15 is 0 Å². The van der Waals surface area contributed by atoms with Crippen LogP contribution in [0.15, 0.2) is 54.7 Å². The first-order chi connectivity index (χ1) is 12.6. The lowest BCUT2D eigenvalue weighted by molar-refractivity contribution is -0.121. The summed E-state index contributed by atoms with van der Waals surface area (Å²) in [6.45, 7) is 2.00. The van der Waals surface area contributed by atoms with Crippen LogP contribution in [0.5, 0.6) is 0 Å². The van der Waals surface area contributed by atoms with Crippen LogP contribution in [0.1, 0.15) is 30.8 Å². The van der Waals surface area contributed by atoms with E-state index in [0.29, 0.717) is 22.0 Å². The average Bonchev–Trinajstić information content (AvgIpc) is 3.13. The van der Waals surface area contributed by atoms with Crippen LogP contribution in [-0.2, 0) is 11.2 Å². The fraction of sp³-hybridized carbons (Fsp3) is 0.200. The Bertz CT molecular complexity index is 873. The molecule has 0 fully saturated rings. The summed E-state index contributed by atoms with van der Waals surface area (Å²) in [5, 5.41) is 3.98. The Labute approximate surface area is 162 Å². The average molecular weight is 388 g/mol. The predicted molar refractivity (Wildman–Crippen MR) is 105 cm³/mol. The Morgan fingerprint density at radius 1 is 1.12 bits per heavy atom. The van der Waals surface area contributed by atoms with Gasteiger partial charge < -0.3 is 10.3 Å². The molecule has 0 aliphatic heterocycles. The van der Waals surface area contributed by atoms with Crippen LogP contribution in [0.4, 0.5) is 0 Å². The number of carbonyl (C=O) groups is 1. The van der Waals surface area contributed by atoms with Gasteiger partial charge in [0.25, 0.3) is 0 Å². The molecule has 6 heteroatoms. The van der Waals surface area contributed by atoms with E-state index in [2.05, 4.69) is 15.3 Å². The minimum atomic E-state index is -0.207. The zero-order valence-electron chi connectivity index (χ0n) is 14.3. The van der Waals surface area contributed by atoms with E-state index in [1.54, 1.807) is 24.4 Å². The van der Waals surface area contributed by atoms with Crippen molar-refractivity contribution in [2.45, 2.75) is 25.8 Å². The smallest absolute Gasteiger partial charge is 0.225 e. The summed E-state index contributed by atoms with van der Waals surface area (Å²) in [7, 11) is 0. The van der Waals surface area contributed by atoms with Gasteiger partial charge in [-0.3, -0.25) is 4.79 Å². The van der Waals surface area contributed by atoms with Crippen LogP contribution < -0.4 is 5.32 Å². The van der Waals surface area contributed by atoms with Crippen LogP contribution in [0.3, 0.4) is 0 Å². The second-order valence-corrected chi connectivity index (χ2v) is 6.77. The highest BCUT2D eigenvalue weighted by molar-refractivity contribution is 6.36. The number of carbonyl (C=O) groups excluding carboxylic acids is 1. The fourth-order valence-electron chi connectivity index (χ4n) is 2.75. The normalized spacial score (nSPS) is 12.0. The number of aromatic nitrogens is 2. The molecule has 0 aliphatic rings. The van der Waals surface area contributed by atoms with Gasteiger partial charge in [-0.2, -0.15) is 0 Å². The molecular formula is C20H19Cl2N3O. The van der Waals surface area contributed by atoms with Gasteiger partial charge >= 0.3 is 0 Å².